The summed E-state index contributed by atoms with van der Waals surface area (Å²) in [4.78, 5) is 58.6. The van der Waals surface area contributed by atoms with E-state index in [0.717, 1.165) is 0 Å². The second-order valence-corrected chi connectivity index (χ2v) is 5.83. The van der Waals surface area contributed by atoms with Gasteiger partial charge in [0.1, 0.15) is 0 Å². The van der Waals surface area contributed by atoms with Crippen molar-refractivity contribution in [2.24, 2.45) is 0 Å². The summed E-state index contributed by atoms with van der Waals surface area (Å²) in [6.45, 7) is 2.91. The molecule has 0 bridgehead atoms. The highest BCUT2D eigenvalue weighted by atomic mass is 16.3. The van der Waals surface area contributed by atoms with Gasteiger partial charge >= 0.3 is 12.1 Å². The van der Waals surface area contributed by atoms with Gasteiger partial charge in [0, 0.05) is 36.6 Å². The number of aliphatic hydroxyl groups excluding tert-OH is 1. The van der Waals surface area contributed by atoms with Crippen LogP contribution in [-0.2, 0) is 0 Å². The summed E-state index contributed by atoms with van der Waals surface area (Å²) in [5, 5.41) is 19.2. The molecule has 0 saturated heterocycles. The Labute approximate surface area is 158 Å². The first-order valence-corrected chi connectivity index (χ1v) is 8.15. The van der Waals surface area contributed by atoms with E-state index < -0.39 is 29.3 Å². The number of hydrogen-bond donors (Lipinski definition) is 7. The van der Waals surface area contributed by atoms with Gasteiger partial charge in [0.25, 0.3) is 11.1 Å². The van der Waals surface area contributed by atoms with Crippen LogP contribution in [-0.4, -0.2) is 56.3 Å². The van der Waals surface area contributed by atoms with Crippen molar-refractivity contribution < 1.29 is 14.7 Å². The number of rotatable bonds is 6. The molecular formula is C15H20N8O5. The molecule has 2 rings (SSSR count). The van der Waals surface area contributed by atoms with Crippen LogP contribution in [0.1, 0.15) is 11.4 Å². The fraction of sp³-hybridized carbons (Fsp3) is 0.333. The predicted molar refractivity (Wildman–Crippen MR) is 99.2 cm³/mol. The van der Waals surface area contributed by atoms with Gasteiger partial charge in [0.15, 0.2) is 0 Å². The van der Waals surface area contributed by atoms with Crippen molar-refractivity contribution in [3.05, 3.63) is 44.2 Å². The second kappa shape index (κ2) is 9.27. The van der Waals surface area contributed by atoms with E-state index in [4.69, 9.17) is 0 Å². The Morgan fingerprint density at radius 1 is 0.929 bits per heavy atom. The van der Waals surface area contributed by atoms with Crippen molar-refractivity contribution in [2.45, 2.75) is 20.0 Å². The summed E-state index contributed by atoms with van der Waals surface area (Å²) < 4.78 is 0. The van der Waals surface area contributed by atoms with Gasteiger partial charge in [-0.25, -0.2) is 9.59 Å². The molecule has 2 aromatic rings. The summed E-state index contributed by atoms with van der Waals surface area (Å²) >= 11 is 0. The maximum atomic E-state index is 11.7. The molecule has 0 aliphatic rings. The van der Waals surface area contributed by atoms with E-state index >= 15 is 0 Å². The first-order valence-electron chi connectivity index (χ1n) is 8.15. The molecule has 13 heteroatoms. The van der Waals surface area contributed by atoms with Gasteiger partial charge in [-0.2, -0.15) is 9.97 Å². The normalized spacial score (nSPS) is 10.4. The summed E-state index contributed by atoms with van der Waals surface area (Å²) in [6.07, 6.45) is -1.09. The smallest absolute Gasteiger partial charge is 0.321 e. The van der Waals surface area contributed by atoms with Crippen molar-refractivity contribution in [1.29, 1.82) is 0 Å². The second-order valence-electron chi connectivity index (χ2n) is 5.83. The topological polar surface area (TPSA) is 194 Å². The SMILES string of the molecule is Cc1cc(=O)nc(NC(=O)NCC(O)CNC(=O)Nc2nc(=O)cc(C)[nH]2)[nH]1. The highest BCUT2D eigenvalue weighted by Gasteiger charge is 2.11. The quantitative estimate of drug-likeness (QED) is 0.320. The lowest BCUT2D eigenvalue weighted by Crippen LogP contribution is -2.42. The Hall–Kier alpha value is -3.74. The van der Waals surface area contributed by atoms with E-state index in [1.165, 1.54) is 12.1 Å². The number of carbonyl (C=O) groups excluding carboxylic acids is 2. The zero-order valence-corrected chi connectivity index (χ0v) is 15.1. The predicted octanol–water partition coefficient (Wildman–Crippen LogP) is -1.23. The minimum absolute atomic E-state index is 0.0332. The number of nitrogens with one attached hydrogen (secondary N) is 6. The fourth-order valence-electron chi connectivity index (χ4n) is 2.07. The Kier molecular flexibility index (Phi) is 6.81. The molecule has 0 aromatic carbocycles. The minimum atomic E-state index is -1.09. The Morgan fingerprint density at radius 3 is 1.68 bits per heavy atom. The van der Waals surface area contributed by atoms with Gasteiger partial charge in [0.2, 0.25) is 11.9 Å². The lowest BCUT2D eigenvalue weighted by molar-refractivity contribution is 0.170. The Morgan fingerprint density at radius 2 is 1.32 bits per heavy atom. The number of anilines is 2. The molecule has 0 atom stereocenters. The van der Waals surface area contributed by atoms with Crippen molar-refractivity contribution in [2.75, 3.05) is 23.7 Å². The number of aromatic amines is 2. The maximum absolute atomic E-state index is 11.7. The van der Waals surface area contributed by atoms with E-state index in [2.05, 4.69) is 41.2 Å². The molecule has 150 valence electrons. The Balaban J connectivity index is 1.73. The van der Waals surface area contributed by atoms with E-state index in [9.17, 15) is 24.3 Å². The summed E-state index contributed by atoms with van der Waals surface area (Å²) in [5.74, 6) is -0.0664. The van der Waals surface area contributed by atoms with E-state index in [1.54, 1.807) is 13.8 Å². The monoisotopic (exact) mass is 392 g/mol. The highest BCUT2D eigenvalue weighted by Crippen LogP contribution is 1.96. The van der Waals surface area contributed by atoms with Crippen molar-refractivity contribution in [3.8, 4) is 0 Å². The van der Waals surface area contributed by atoms with Gasteiger partial charge in [-0.05, 0) is 13.8 Å². The average Bonchev–Trinajstić information content (AvgIpc) is 2.56. The van der Waals surface area contributed by atoms with Crippen LogP contribution < -0.4 is 32.4 Å². The molecule has 28 heavy (non-hydrogen) atoms. The largest absolute Gasteiger partial charge is 0.389 e. The number of nitrogens with zero attached hydrogens (tertiary/aromatic N) is 2. The van der Waals surface area contributed by atoms with Crippen LogP contribution in [0.25, 0.3) is 0 Å². The molecule has 0 fully saturated rings. The molecular weight excluding hydrogens is 372 g/mol. The Bertz CT molecular complexity index is 892. The van der Waals surface area contributed by atoms with Crippen LogP contribution in [0.3, 0.4) is 0 Å². The number of carbonyl (C=O) groups is 2. The average molecular weight is 392 g/mol. The number of aryl methyl sites for hydroxylation is 2. The van der Waals surface area contributed by atoms with Crippen LogP contribution >= 0.6 is 0 Å². The molecule has 13 nitrogen and oxygen atoms in total. The highest BCUT2D eigenvalue weighted by molar-refractivity contribution is 5.88. The lowest BCUT2D eigenvalue weighted by Gasteiger charge is -2.13. The minimum Gasteiger partial charge on any atom is -0.389 e. The molecule has 0 aliphatic heterocycles. The molecule has 0 saturated carbocycles. The summed E-state index contributed by atoms with van der Waals surface area (Å²) in [6, 6.07) is 1.15. The number of aliphatic hydroxyl groups is 1. The van der Waals surface area contributed by atoms with Gasteiger partial charge in [-0.1, -0.05) is 0 Å². The third kappa shape index (κ3) is 6.87. The zero-order chi connectivity index (χ0) is 20.7. The van der Waals surface area contributed by atoms with E-state index in [0.29, 0.717) is 11.4 Å². The van der Waals surface area contributed by atoms with Gasteiger partial charge < -0.3 is 25.7 Å². The molecule has 0 unspecified atom stereocenters. The van der Waals surface area contributed by atoms with Crippen LogP contribution in [0, 0.1) is 13.8 Å². The lowest BCUT2D eigenvalue weighted by atomic mass is 10.3. The third-order valence-corrected chi connectivity index (χ3v) is 3.22. The number of hydrogen-bond acceptors (Lipinski definition) is 7. The first-order chi connectivity index (χ1) is 13.2. The number of amides is 4. The van der Waals surface area contributed by atoms with Gasteiger partial charge in [-0.3, -0.25) is 20.2 Å². The van der Waals surface area contributed by atoms with Crippen LogP contribution in [0.2, 0.25) is 0 Å². The van der Waals surface area contributed by atoms with Crippen LogP contribution in [0.15, 0.2) is 21.7 Å². The van der Waals surface area contributed by atoms with Crippen molar-refractivity contribution in [1.82, 2.24) is 30.6 Å². The molecule has 0 spiro atoms. The third-order valence-electron chi connectivity index (χ3n) is 3.22. The number of aromatic nitrogens is 4. The number of H-pyrrole nitrogens is 2. The molecule has 4 amide bonds. The molecule has 0 radical (unpaired) electrons. The van der Waals surface area contributed by atoms with Gasteiger partial charge in [-0.15, -0.1) is 0 Å². The summed E-state index contributed by atoms with van der Waals surface area (Å²) in [7, 11) is 0. The van der Waals surface area contributed by atoms with Crippen molar-refractivity contribution >= 4 is 24.0 Å². The fourth-order valence-corrected chi connectivity index (χ4v) is 2.07. The molecule has 0 aliphatic carbocycles. The molecule has 2 aromatic heterocycles. The van der Waals surface area contributed by atoms with E-state index in [1.807, 2.05) is 0 Å². The number of urea groups is 2. The van der Waals surface area contributed by atoms with Crippen molar-refractivity contribution in [3.63, 3.8) is 0 Å². The van der Waals surface area contributed by atoms with Crippen LogP contribution in [0.4, 0.5) is 21.5 Å². The zero-order valence-electron chi connectivity index (χ0n) is 15.1. The van der Waals surface area contributed by atoms with E-state index in [-0.39, 0.29) is 25.0 Å². The molecule has 7 N–H and O–H groups in total. The molecule has 2 heterocycles. The first kappa shape index (κ1) is 20.6. The van der Waals surface area contributed by atoms with Crippen LogP contribution in [0.5, 0.6) is 0 Å². The van der Waals surface area contributed by atoms with Gasteiger partial charge in [0.05, 0.1) is 6.10 Å². The summed E-state index contributed by atoms with van der Waals surface area (Å²) in [5.41, 5.74) is 0.0301. The maximum Gasteiger partial charge on any atom is 0.321 e. The standard InChI is InChI=1S/C15H20N8O5/c1-7-3-10(25)20-12(18-7)22-14(27)16-5-9(24)6-17-15(28)23-13-19-8(2)4-11(26)21-13/h3-4,9,24H,5-6H2,1-2H3,(H3,16,18,20,22,25,27)(H3,17,19,21,23,26,28).